The zero-order valence-electron chi connectivity index (χ0n) is 20.1. The maximum absolute atomic E-state index is 12.6. The summed E-state index contributed by atoms with van der Waals surface area (Å²) >= 11 is 12.6. The third-order valence-electron chi connectivity index (χ3n) is 6.79. The van der Waals surface area contributed by atoms with Crippen LogP contribution in [0.25, 0.3) is 5.69 Å². The second kappa shape index (κ2) is 11.1. The summed E-state index contributed by atoms with van der Waals surface area (Å²) in [5.41, 5.74) is 3.06. The fourth-order valence-corrected chi connectivity index (χ4v) is 5.23. The lowest BCUT2D eigenvalue weighted by Crippen LogP contribution is -2.51. The molecule has 5 rings (SSSR count). The molecule has 0 saturated carbocycles. The van der Waals surface area contributed by atoms with Crippen molar-refractivity contribution in [2.24, 2.45) is 0 Å². The highest BCUT2D eigenvalue weighted by Crippen LogP contribution is 2.31. The van der Waals surface area contributed by atoms with Gasteiger partial charge in [-0.15, -0.1) is 0 Å². The number of carbonyl (C=O) groups excluding carboxylic acids is 1. The van der Waals surface area contributed by atoms with Crippen LogP contribution in [0.15, 0.2) is 48.7 Å². The summed E-state index contributed by atoms with van der Waals surface area (Å²) in [4.78, 5) is 17.4. The molecule has 8 nitrogen and oxygen atoms in total. The lowest BCUT2D eigenvalue weighted by atomic mass is 10.1. The van der Waals surface area contributed by atoms with Gasteiger partial charge >= 0.3 is 6.09 Å². The van der Waals surface area contributed by atoms with E-state index < -0.39 is 6.09 Å². The Hall–Kier alpha value is -2.78. The Kier molecular flexibility index (Phi) is 7.67. The minimum absolute atomic E-state index is 0.368. The quantitative estimate of drug-likeness (QED) is 0.477. The number of anilines is 2. The monoisotopic (exact) mass is 529 g/mol. The van der Waals surface area contributed by atoms with Gasteiger partial charge in [0.1, 0.15) is 0 Å². The number of hydrogen-bond acceptors (Lipinski definition) is 6. The number of benzene rings is 2. The van der Waals surface area contributed by atoms with Crippen LogP contribution < -0.4 is 15.0 Å². The van der Waals surface area contributed by atoms with Gasteiger partial charge in [-0.1, -0.05) is 23.2 Å². The van der Waals surface area contributed by atoms with Crippen LogP contribution >= 0.6 is 23.2 Å². The Morgan fingerprint density at radius 1 is 1.06 bits per heavy atom. The number of aromatic nitrogens is 2. The molecule has 1 N–H and O–H groups in total. The molecule has 1 aromatic heterocycles. The van der Waals surface area contributed by atoms with E-state index in [1.807, 2.05) is 31.2 Å². The minimum Gasteiger partial charge on any atom is -0.406 e. The number of nitrogens with one attached hydrogen (secondary N) is 1. The minimum atomic E-state index is -0.609. The molecule has 2 aromatic carbocycles. The van der Waals surface area contributed by atoms with Crippen LogP contribution in [-0.2, 0) is 4.74 Å². The highest BCUT2D eigenvalue weighted by molar-refractivity contribution is 6.33. The third kappa shape index (κ3) is 5.62. The number of nitrogens with zero attached hydrogens (tertiary/aromatic N) is 4. The number of piperazine rings is 1. The van der Waals surface area contributed by atoms with Gasteiger partial charge in [-0.25, -0.2) is 9.48 Å². The Labute approximate surface area is 220 Å². The van der Waals surface area contributed by atoms with Gasteiger partial charge in [-0.3, -0.25) is 10.2 Å². The van der Waals surface area contributed by atoms with Gasteiger partial charge in [0.15, 0.2) is 5.75 Å². The molecule has 0 aliphatic carbocycles. The van der Waals surface area contributed by atoms with E-state index >= 15 is 0 Å². The van der Waals surface area contributed by atoms with Crippen molar-refractivity contribution >= 4 is 40.7 Å². The molecule has 0 radical (unpaired) electrons. The maximum atomic E-state index is 12.6. The number of rotatable bonds is 5. The Morgan fingerprint density at radius 3 is 2.47 bits per heavy atom. The molecule has 0 spiro atoms. The summed E-state index contributed by atoms with van der Waals surface area (Å²) in [7, 11) is 0. The van der Waals surface area contributed by atoms with Crippen molar-refractivity contribution in [2.45, 2.75) is 25.8 Å². The van der Waals surface area contributed by atoms with Crippen molar-refractivity contribution in [3.63, 3.8) is 0 Å². The first-order valence-corrected chi connectivity index (χ1v) is 12.9. The zero-order valence-corrected chi connectivity index (χ0v) is 21.6. The molecule has 0 atom stereocenters. The second-order valence-electron chi connectivity index (χ2n) is 9.03. The van der Waals surface area contributed by atoms with Gasteiger partial charge < -0.3 is 14.4 Å². The largest absolute Gasteiger partial charge is 0.417 e. The fraction of sp³-hybridized carbons (Fsp3) is 0.385. The molecular formula is C26H29Cl2N5O3. The third-order valence-corrected chi connectivity index (χ3v) is 7.35. The summed E-state index contributed by atoms with van der Waals surface area (Å²) in [5.74, 6) is 0.368. The van der Waals surface area contributed by atoms with Crippen LogP contribution in [0.1, 0.15) is 18.5 Å². The highest BCUT2D eigenvalue weighted by Gasteiger charge is 2.26. The van der Waals surface area contributed by atoms with Crippen molar-refractivity contribution in [1.82, 2.24) is 14.7 Å². The van der Waals surface area contributed by atoms with Crippen molar-refractivity contribution in [1.29, 1.82) is 0 Å². The maximum Gasteiger partial charge on any atom is 0.417 e. The normalized spacial score (nSPS) is 17.2. The summed E-state index contributed by atoms with van der Waals surface area (Å²) < 4.78 is 12.7. The van der Waals surface area contributed by atoms with E-state index in [0.29, 0.717) is 33.2 Å². The average molecular weight is 530 g/mol. The Morgan fingerprint density at radius 2 is 1.78 bits per heavy atom. The van der Waals surface area contributed by atoms with Crippen LogP contribution in [0, 0.1) is 6.92 Å². The fourth-order valence-electron chi connectivity index (χ4n) is 4.80. The molecule has 1 amide bonds. The van der Waals surface area contributed by atoms with E-state index in [1.165, 1.54) is 6.20 Å². The molecule has 0 bridgehead atoms. The lowest BCUT2D eigenvalue weighted by molar-refractivity contribution is 0.0321. The SMILES string of the molecule is Cc1c(OC(=O)Nc2ccc(N3CCN(C4CCOCC4)CC3)c(Cl)c2)cnn1-c1ccc(Cl)cc1. The molecule has 2 aliphatic heterocycles. The number of carbonyl (C=O) groups is 1. The van der Waals surface area contributed by atoms with Gasteiger partial charge in [0.25, 0.3) is 0 Å². The Balaban J connectivity index is 1.17. The highest BCUT2D eigenvalue weighted by atomic mass is 35.5. The van der Waals surface area contributed by atoms with Crippen LogP contribution in [0.4, 0.5) is 16.2 Å². The summed E-state index contributed by atoms with van der Waals surface area (Å²) in [6.45, 7) is 7.41. The molecule has 190 valence electrons. The lowest BCUT2D eigenvalue weighted by Gasteiger charge is -2.41. The van der Waals surface area contributed by atoms with Gasteiger partial charge in [0.2, 0.25) is 0 Å². The van der Waals surface area contributed by atoms with Gasteiger partial charge in [0, 0.05) is 56.1 Å². The summed E-state index contributed by atoms with van der Waals surface area (Å²) in [6.07, 6.45) is 3.12. The predicted octanol–water partition coefficient (Wildman–Crippen LogP) is 5.40. The molecule has 2 aliphatic rings. The zero-order chi connectivity index (χ0) is 25.1. The van der Waals surface area contributed by atoms with Gasteiger partial charge in [-0.05, 0) is 62.2 Å². The topological polar surface area (TPSA) is 71.9 Å². The smallest absolute Gasteiger partial charge is 0.406 e. The number of halogens is 2. The van der Waals surface area contributed by atoms with Crippen molar-refractivity contribution < 1.29 is 14.3 Å². The van der Waals surface area contributed by atoms with E-state index in [0.717, 1.165) is 63.6 Å². The van der Waals surface area contributed by atoms with Crippen molar-refractivity contribution in [3.8, 4) is 11.4 Å². The predicted molar refractivity (Wildman–Crippen MR) is 142 cm³/mol. The number of amides is 1. The molecule has 2 fully saturated rings. The second-order valence-corrected chi connectivity index (χ2v) is 9.87. The first-order chi connectivity index (χ1) is 17.5. The van der Waals surface area contributed by atoms with E-state index in [1.54, 1.807) is 22.9 Å². The number of hydrogen-bond donors (Lipinski definition) is 1. The van der Waals surface area contributed by atoms with Crippen LogP contribution in [-0.4, -0.2) is 66.2 Å². The summed E-state index contributed by atoms with van der Waals surface area (Å²) in [6, 6.07) is 13.4. The van der Waals surface area contributed by atoms with E-state index in [4.69, 9.17) is 32.7 Å². The number of ether oxygens (including phenoxy) is 2. The first-order valence-electron chi connectivity index (χ1n) is 12.1. The molecule has 2 saturated heterocycles. The molecular weight excluding hydrogens is 501 g/mol. The van der Waals surface area contributed by atoms with Crippen molar-refractivity contribution in [3.05, 3.63) is 64.4 Å². The molecule has 0 unspecified atom stereocenters. The first kappa shape index (κ1) is 24.9. The standard InChI is InChI=1S/C26H29Cl2N5O3/c1-18-25(17-29-33(18)22-5-2-19(27)3-6-22)36-26(34)30-20-4-7-24(23(28)16-20)32-12-10-31(11-13-32)21-8-14-35-15-9-21/h2-7,16-17,21H,8-15H2,1H3,(H,30,34). The molecule has 10 heteroatoms. The van der Waals surface area contributed by atoms with E-state index in [9.17, 15) is 4.79 Å². The van der Waals surface area contributed by atoms with Gasteiger partial charge in [0.05, 0.1) is 28.3 Å². The molecule has 36 heavy (non-hydrogen) atoms. The van der Waals surface area contributed by atoms with Crippen LogP contribution in [0.5, 0.6) is 5.75 Å². The molecule has 3 heterocycles. The Bertz CT molecular complexity index is 1200. The van der Waals surface area contributed by atoms with Crippen LogP contribution in [0.3, 0.4) is 0 Å². The molecule has 3 aromatic rings. The van der Waals surface area contributed by atoms with Crippen molar-refractivity contribution in [2.75, 3.05) is 49.6 Å². The average Bonchev–Trinajstić information content (AvgIpc) is 3.25. The summed E-state index contributed by atoms with van der Waals surface area (Å²) in [5, 5.41) is 8.31. The van der Waals surface area contributed by atoms with Gasteiger partial charge in [-0.2, -0.15) is 5.10 Å². The van der Waals surface area contributed by atoms with E-state index in [2.05, 4.69) is 20.2 Å². The van der Waals surface area contributed by atoms with E-state index in [-0.39, 0.29) is 0 Å². The van der Waals surface area contributed by atoms with Crippen LogP contribution in [0.2, 0.25) is 10.0 Å².